The highest BCUT2D eigenvalue weighted by molar-refractivity contribution is 6.21. The number of benzene rings is 2. The molecule has 1 aliphatic rings. The SMILES string of the molecule is O=C1NC(=O)c2c(F)cccc21.c1ccccc1. The highest BCUT2D eigenvalue weighted by Crippen LogP contribution is 2.17. The van der Waals surface area contributed by atoms with Gasteiger partial charge in [0, 0.05) is 0 Å². The maximum atomic E-state index is 12.9. The van der Waals surface area contributed by atoms with E-state index in [9.17, 15) is 14.0 Å². The molecule has 2 aromatic rings. The maximum absolute atomic E-state index is 12.9. The molecule has 0 saturated heterocycles. The number of hydrogen-bond donors (Lipinski definition) is 1. The Balaban J connectivity index is 0.000000169. The average Bonchev–Trinajstić information content (AvgIpc) is 2.69. The summed E-state index contributed by atoms with van der Waals surface area (Å²) in [5, 5.41) is 2.01. The number of carbonyl (C=O) groups excluding carboxylic acids is 2. The molecule has 1 heterocycles. The van der Waals surface area contributed by atoms with E-state index in [1.165, 1.54) is 12.1 Å². The molecule has 0 spiro atoms. The van der Waals surface area contributed by atoms with Gasteiger partial charge in [0.1, 0.15) is 5.82 Å². The Bertz CT molecular complexity index is 555. The fourth-order valence-corrected chi connectivity index (χ4v) is 1.56. The third-order valence-corrected chi connectivity index (χ3v) is 2.38. The normalized spacial score (nSPS) is 12.3. The first-order valence-electron chi connectivity index (χ1n) is 5.34. The molecule has 3 rings (SSSR count). The molecule has 3 nitrogen and oxygen atoms in total. The van der Waals surface area contributed by atoms with Crippen molar-refractivity contribution in [2.24, 2.45) is 0 Å². The molecule has 1 aliphatic heterocycles. The molecule has 0 aliphatic carbocycles. The van der Waals surface area contributed by atoms with Crippen LogP contribution in [0.5, 0.6) is 0 Å². The van der Waals surface area contributed by atoms with Gasteiger partial charge in [0.25, 0.3) is 11.8 Å². The van der Waals surface area contributed by atoms with E-state index in [-0.39, 0.29) is 11.1 Å². The lowest BCUT2D eigenvalue weighted by atomic mass is 10.1. The standard InChI is InChI=1S/C8H4FNO2.C6H6/c9-5-3-1-2-4-6(5)8(12)10-7(4)11;1-2-4-6-5-3-1/h1-3H,(H,10,11,12);1-6H. The highest BCUT2D eigenvalue weighted by Gasteiger charge is 2.29. The molecule has 1 N–H and O–H groups in total. The van der Waals surface area contributed by atoms with E-state index in [0.717, 1.165) is 6.07 Å². The Kier molecular flexibility index (Phi) is 3.48. The predicted octanol–water partition coefficient (Wildman–Crippen LogP) is 2.40. The quantitative estimate of drug-likeness (QED) is 0.722. The van der Waals surface area contributed by atoms with Crippen LogP contribution in [0.1, 0.15) is 20.7 Å². The Morgan fingerprint density at radius 2 is 1.33 bits per heavy atom. The molecule has 0 aromatic heterocycles. The van der Waals surface area contributed by atoms with Crippen LogP contribution in [-0.2, 0) is 0 Å². The van der Waals surface area contributed by atoms with Gasteiger partial charge in [-0.2, -0.15) is 0 Å². The van der Waals surface area contributed by atoms with Crippen molar-refractivity contribution >= 4 is 11.8 Å². The molecule has 0 radical (unpaired) electrons. The number of carbonyl (C=O) groups is 2. The number of amides is 2. The van der Waals surface area contributed by atoms with Crippen LogP contribution in [-0.4, -0.2) is 11.8 Å². The Labute approximate surface area is 103 Å². The predicted molar refractivity (Wildman–Crippen MR) is 64.6 cm³/mol. The van der Waals surface area contributed by atoms with Crippen molar-refractivity contribution in [1.82, 2.24) is 5.32 Å². The lowest BCUT2D eigenvalue weighted by Gasteiger charge is -1.93. The van der Waals surface area contributed by atoms with E-state index in [4.69, 9.17) is 0 Å². The van der Waals surface area contributed by atoms with Crippen LogP contribution < -0.4 is 5.32 Å². The van der Waals surface area contributed by atoms with Crippen LogP contribution in [0, 0.1) is 5.82 Å². The number of halogens is 1. The first kappa shape index (κ1) is 12.0. The number of hydrogen-bond acceptors (Lipinski definition) is 2. The van der Waals surface area contributed by atoms with Gasteiger partial charge in [0.2, 0.25) is 0 Å². The largest absolute Gasteiger partial charge is 0.288 e. The molecule has 2 amide bonds. The van der Waals surface area contributed by atoms with E-state index < -0.39 is 17.6 Å². The summed E-state index contributed by atoms with van der Waals surface area (Å²) >= 11 is 0. The Morgan fingerprint density at radius 3 is 1.83 bits per heavy atom. The van der Waals surface area contributed by atoms with Crippen LogP contribution in [0.3, 0.4) is 0 Å². The second-order valence-corrected chi connectivity index (χ2v) is 3.60. The van der Waals surface area contributed by atoms with Crippen molar-refractivity contribution in [3.63, 3.8) is 0 Å². The summed E-state index contributed by atoms with van der Waals surface area (Å²) in [6.45, 7) is 0. The second kappa shape index (κ2) is 5.23. The van der Waals surface area contributed by atoms with Crippen LogP contribution in [0.25, 0.3) is 0 Å². The van der Waals surface area contributed by atoms with Gasteiger partial charge in [-0.25, -0.2) is 4.39 Å². The summed E-state index contributed by atoms with van der Waals surface area (Å²) in [7, 11) is 0. The molecule has 0 fully saturated rings. The summed E-state index contributed by atoms with van der Waals surface area (Å²) in [4.78, 5) is 21.9. The summed E-state index contributed by atoms with van der Waals surface area (Å²) in [5.41, 5.74) is -0.0394. The molecular formula is C14H10FNO2. The fraction of sp³-hybridized carbons (Fsp3) is 0. The van der Waals surface area contributed by atoms with Gasteiger partial charge in [0.15, 0.2) is 0 Å². The molecular weight excluding hydrogens is 233 g/mol. The van der Waals surface area contributed by atoms with E-state index in [2.05, 4.69) is 0 Å². The van der Waals surface area contributed by atoms with Crippen molar-refractivity contribution in [2.45, 2.75) is 0 Å². The van der Waals surface area contributed by atoms with Crippen molar-refractivity contribution in [3.05, 3.63) is 71.5 Å². The van der Waals surface area contributed by atoms with Crippen LogP contribution in [0.15, 0.2) is 54.6 Å². The summed E-state index contributed by atoms with van der Waals surface area (Å²) in [5.74, 6) is -1.85. The molecule has 2 aromatic carbocycles. The van der Waals surface area contributed by atoms with E-state index in [1.807, 2.05) is 41.7 Å². The number of nitrogens with one attached hydrogen (secondary N) is 1. The van der Waals surface area contributed by atoms with E-state index in [1.54, 1.807) is 0 Å². The zero-order valence-corrected chi connectivity index (χ0v) is 9.39. The third-order valence-electron chi connectivity index (χ3n) is 2.38. The zero-order chi connectivity index (χ0) is 13.0. The minimum Gasteiger partial charge on any atom is -0.288 e. The van der Waals surface area contributed by atoms with Gasteiger partial charge in [-0.05, 0) is 12.1 Å². The molecule has 18 heavy (non-hydrogen) atoms. The maximum Gasteiger partial charge on any atom is 0.261 e. The summed E-state index contributed by atoms with van der Waals surface area (Å²) in [6.07, 6.45) is 0. The van der Waals surface area contributed by atoms with Gasteiger partial charge < -0.3 is 0 Å². The zero-order valence-electron chi connectivity index (χ0n) is 9.39. The lowest BCUT2D eigenvalue weighted by Crippen LogP contribution is -2.20. The Hall–Kier alpha value is -2.49. The van der Waals surface area contributed by atoms with Gasteiger partial charge in [-0.3, -0.25) is 14.9 Å². The molecule has 0 atom stereocenters. The van der Waals surface area contributed by atoms with Gasteiger partial charge in [-0.1, -0.05) is 42.5 Å². The first-order chi connectivity index (χ1) is 8.70. The minimum absolute atomic E-state index is 0.111. The fourth-order valence-electron chi connectivity index (χ4n) is 1.56. The molecule has 0 bridgehead atoms. The van der Waals surface area contributed by atoms with Crippen molar-refractivity contribution in [1.29, 1.82) is 0 Å². The third kappa shape index (κ3) is 2.43. The minimum atomic E-state index is -0.659. The van der Waals surface area contributed by atoms with Crippen molar-refractivity contribution in [3.8, 4) is 0 Å². The first-order valence-corrected chi connectivity index (χ1v) is 5.34. The number of imide groups is 1. The van der Waals surface area contributed by atoms with E-state index >= 15 is 0 Å². The van der Waals surface area contributed by atoms with Gasteiger partial charge >= 0.3 is 0 Å². The van der Waals surface area contributed by atoms with Crippen molar-refractivity contribution < 1.29 is 14.0 Å². The Morgan fingerprint density at radius 1 is 0.778 bits per heavy atom. The highest BCUT2D eigenvalue weighted by atomic mass is 19.1. The van der Waals surface area contributed by atoms with Crippen LogP contribution >= 0.6 is 0 Å². The molecule has 4 heteroatoms. The average molecular weight is 243 g/mol. The van der Waals surface area contributed by atoms with E-state index in [0.29, 0.717) is 0 Å². The molecule has 0 unspecified atom stereocenters. The number of fused-ring (bicyclic) bond motifs is 1. The molecule has 0 saturated carbocycles. The molecule has 90 valence electrons. The topological polar surface area (TPSA) is 46.2 Å². The smallest absolute Gasteiger partial charge is 0.261 e. The van der Waals surface area contributed by atoms with Crippen LogP contribution in [0.4, 0.5) is 4.39 Å². The second-order valence-electron chi connectivity index (χ2n) is 3.60. The summed E-state index contributed by atoms with van der Waals surface area (Å²) in [6, 6.07) is 16.0. The van der Waals surface area contributed by atoms with Gasteiger partial charge in [0.05, 0.1) is 11.1 Å². The van der Waals surface area contributed by atoms with Crippen LogP contribution in [0.2, 0.25) is 0 Å². The van der Waals surface area contributed by atoms with Crippen molar-refractivity contribution in [2.75, 3.05) is 0 Å². The lowest BCUT2D eigenvalue weighted by molar-refractivity contribution is 0.0878. The summed E-state index contributed by atoms with van der Waals surface area (Å²) < 4.78 is 12.9. The monoisotopic (exact) mass is 243 g/mol. The van der Waals surface area contributed by atoms with Gasteiger partial charge in [-0.15, -0.1) is 0 Å². The number of rotatable bonds is 0.